The Morgan fingerprint density at radius 1 is 1.39 bits per heavy atom. The van der Waals surface area contributed by atoms with Gasteiger partial charge in [0, 0.05) is 19.3 Å². The summed E-state index contributed by atoms with van der Waals surface area (Å²) in [5.74, 6) is 0.416. The van der Waals surface area contributed by atoms with Crippen LogP contribution in [0.5, 0.6) is 5.88 Å². The van der Waals surface area contributed by atoms with Crippen LogP contribution in [0.4, 0.5) is 12.0 Å². The van der Waals surface area contributed by atoms with Crippen LogP contribution in [0.15, 0.2) is 28.1 Å². The number of aliphatic hydroxyl groups excluding tert-OH is 1. The molecule has 28 heavy (non-hydrogen) atoms. The molecule has 0 aliphatic carbocycles. The quantitative estimate of drug-likeness (QED) is 0.657. The van der Waals surface area contributed by atoms with Gasteiger partial charge in [0.05, 0.1) is 18.1 Å². The van der Waals surface area contributed by atoms with Crippen molar-refractivity contribution in [3.8, 4) is 16.6 Å². The maximum atomic E-state index is 12.6. The van der Waals surface area contributed by atoms with Crippen molar-refractivity contribution in [1.29, 1.82) is 0 Å². The van der Waals surface area contributed by atoms with Crippen molar-refractivity contribution >= 4 is 29.2 Å². The number of aromatic nitrogens is 4. The first kappa shape index (κ1) is 18.3. The predicted molar refractivity (Wildman–Crippen MR) is 102 cm³/mol. The third kappa shape index (κ3) is 3.80. The molecule has 0 radical (unpaired) electrons. The molecule has 11 heteroatoms. The van der Waals surface area contributed by atoms with E-state index in [-0.39, 0.29) is 23.6 Å². The first-order valence-corrected chi connectivity index (χ1v) is 9.55. The van der Waals surface area contributed by atoms with Crippen LogP contribution in [0.3, 0.4) is 0 Å². The van der Waals surface area contributed by atoms with Gasteiger partial charge in [0.25, 0.3) is 11.8 Å². The predicted octanol–water partition coefficient (Wildman–Crippen LogP) is 1.81. The Labute approximate surface area is 164 Å². The van der Waals surface area contributed by atoms with Gasteiger partial charge in [-0.3, -0.25) is 10.1 Å². The fourth-order valence-electron chi connectivity index (χ4n) is 2.83. The summed E-state index contributed by atoms with van der Waals surface area (Å²) in [6, 6.07) is 3.69. The van der Waals surface area contributed by atoms with E-state index in [4.69, 9.17) is 9.15 Å². The van der Waals surface area contributed by atoms with Crippen LogP contribution in [0, 0.1) is 0 Å². The topological polar surface area (TPSA) is 127 Å². The number of carbonyl (C=O) groups excluding carboxylic acids is 1. The molecule has 146 valence electrons. The second-order valence-corrected chi connectivity index (χ2v) is 7.10. The Bertz CT molecular complexity index is 952. The molecule has 1 amide bonds. The molecule has 1 aliphatic heterocycles. The van der Waals surface area contributed by atoms with E-state index >= 15 is 0 Å². The lowest BCUT2D eigenvalue weighted by atomic mass is 10.1. The second kappa shape index (κ2) is 7.90. The summed E-state index contributed by atoms with van der Waals surface area (Å²) < 4.78 is 10.7. The average Bonchev–Trinajstić information content (AvgIpc) is 3.40. The van der Waals surface area contributed by atoms with Crippen molar-refractivity contribution in [2.24, 2.45) is 0 Å². The highest BCUT2D eigenvalue weighted by Crippen LogP contribution is 2.25. The summed E-state index contributed by atoms with van der Waals surface area (Å²) in [4.78, 5) is 23.9. The number of aliphatic hydroxyl groups is 1. The van der Waals surface area contributed by atoms with Gasteiger partial charge in [-0.15, -0.1) is 16.4 Å². The number of anilines is 2. The fourth-order valence-corrected chi connectivity index (χ4v) is 3.47. The Morgan fingerprint density at radius 3 is 2.93 bits per heavy atom. The number of amides is 1. The zero-order valence-corrected chi connectivity index (χ0v) is 15.8. The van der Waals surface area contributed by atoms with Gasteiger partial charge in [0.15, 0.2) is 0 Å². The molecule has 3 aromatic heterocycles. The van der Waals surface area contributed by atoms with Gasteiger partial charge in [-0.2, -0.15) is 4.98 Å². The fraction of sp³-hybridized carbons (Fsp3) is 0.353. The number of hydrogen-bond donors (Lipinski definition) is 2. The van der Waals surface area contributed by atoms with Crippen LogP contribution < -0.4 is 15.0 Å². The molecule has 2 N–H and O–H groups in total. The highest BCUT2D eigenvalue weighted by Gasteiger charge is 2.23. The Hall–Kier alpha value is -3.05. The van der Waals surface area contributed by atoms with Gasteiger partial charge >= 0.3 is 6.01 Å². The molecule has 1 saturated heterocycles. The first-order chi connectivity index (χ1) is 13.6. The standard InChI is InChI=1S/C17H18N6O4S/c1-26-14-11(9-18-16(20-14)23-6-4-10(24)5-7-23)13(25)19-17-22-21-15(27-17)12-3-2-8-28-12/h2-3,8-10,24H,4-7H2,1H3,(H,19,22,25). The van der Waals surface area contributed by atoms with E-state index in [0.29, 0.717) is 37.8 Å². The third-order valence-corrected chi connectivity index (χ3v) is 5.16. The first-order valence-electron chi connectivity index (χ1n) is 8.67. The molecule has 1 aliphatic rings. The van der Waals surface area contributed by atoms with Gasteiger partial charge in [-0.25, -0.2) is 4.98 Å². The van der Waals surface area contributed by atoms with E-state index in [0.717, 1.165) is 4.88 Å². The Kier molecular flexibility index (Phi) is 5.17. The third-order valence-electron chi connectivity index (χ3n) is 4.30. The zero-order valence-electron chi connectivity index (χ0n) is 15.0. The molecule has 0 atom stereocenters. The van der Waals surface area contributed by atoms with E-state index in [1.807, 2.05) is 22.4 Å². The van der Waals surface area contributed by atoms with Crippen LogP contribution >= 0.6 is 11.3 Å². The van der Waals surface area contributed by atoms with Crippen molar-refractivity contribution in [2.75, 3.05) is 30.4 Å². The number of hydrogen-bond acceptors (Lipinski definition) is 10. The lowest BCUT2D eigenvalue weighted by Crippen LogP contribution is -2.37. The minimum absolute atomic E-state index is 0.0236. The van der Waals surface area contributed by atoms with Crippen molar-refractivity contribution < 1.29 is 19.1 Å². The van der Waals surface area contributed by atoms with E-state index in [2.05, 4.69) is 25.5 Å². The summed E-state index contributed by atoms with van der Waals surface area (Å²) in [6.07, 6.45) is 2.41. The highest BCUT2D eigenvalue weighted by atomic mass is 32.1. The van der Waals surface area contributed by atoms with Crippen LogP contribution in [-0.2, 0) is 0 Å². The van der Waals surface area contributed by atoms with Gasteiger partial charge < -0.3 is 19.2 Å². The van der Waals surface area contributed by atoms with Gasteiger partial charge in [0.1, 0.15) is 5.56 Å². The Morgan fingerprint density at radius 2 is 2.21 bits per heavy atom. The molecule has 0 bridgehead atoms. The monoisotopic (exact) mass is 402 g/mol. The smallest absolute Gasteiger partial charge is 0.322 e. The summed E-state index contributed by atoms with van der Waals surface area (Å²) in [7, 11) is 1.43. The van der Waals surface area contributed by atoms with E-state index in [1.54, 1.807) is 0 Å². The zero-order chi connectivity index (χ0) is 19.5. The molecule has 1 fully saturated rings. The second-order valence-electron chi connectivity index (χ2n) is 6.15. The molecular formula is C17H18N6O4S. The molecular weight excluding hydrogens is 384 g/mol. The van der Waals surface area contributed by atoms with Crippen LogP contribution in [0.25, 0.3) is 10.8 Å². The van der Waals surface area contributed by atoms with Gasteiger partial charge in [-0.05, 0) is 24.3 Å². The van der Waals surface area contributed by atoms with Crippen LogP contribution in [0.1, 0.15) is 23.2 Å². The normalized spacial score (nSPS) is 14.9. The highest BCUT2D eigenvalue weighted by molar-refractivity contribution is 7.13. The summed E-state index contributed by atoms with van der Waals surface area (Å²) in [6.45, 7) is 1.28. The lowest BCUT2D eigenvalue weighted by Gasteiger charge is -2.29. The lowest BCUT2D eigenvalue weighted by molar-refractivity contribution is 0.102. The molecule has 4 rings (SSSR count). The number of methoxy groups -OCH3 is 1. The van der Waals surface area contributed by atoms with Crippen molar-refractivity contribution in [1.82, 2.24) is 20.2 Å². The van der Waals surface area contributed by atoms with Gasteiger partial charge in [-0.1, -0.05) is 11.2 Å². The van der Waals surface area contributed by atoms with Crippen molar-refractivity contribution in [2.45, 2.75) is 18.9 Å². The van der Waals surface area contributed by atoms with E-state index in [1.165, 1.54) is 24.6 Å². The molecule has 0 aromatic carbocycles. The van der Waals surface area contributed by atoms with E-state index in [9.17, 15) is 9.90 Å². The SMILES string of the molecule is COc1nc(N2CCC(O)CC2)ncc1C(=O)Nc1nnc(-c2cccs2)o1. The molecule has 10 nitrogen and oxygen atoms in total. The molecule has 0 saturated carbocycles. The average molecular weight is 402 g/mol. The number of piperidine rings is 1. The number of nitrogens with one attached hydrogen (secondary N) is 1. The molecule has 3 aromatic rings. The van der Waals surface area contributed by atoms with E-state index < -0.39 is 5.91 Å². The minimum atomic E-state index is -0.515. The van der Waals surface area contributed by atoms with Crippen molar-refractivity contribution in [3.05, 3.63) is 29.3 Å². The summed E-state index contributed by atoms with van der Waals surface area (Å²) in [5.41, 5.74) is 0.152. The number of rotatable bonds is 5. The molecule has 0 unspecified atom stereocenters. The van der Waals surface area contributed by atoms with Crippen LogP contribution in [-0.4, -0.2) is 57.5 Å². The number of ether oxygens (including phenoxy) is 1. The number of carbonyl (C=O) groups is 1. The van der Waals surface area contributed by atoms with Gasteiger partial charge in [0.2, 0.25) is 11.8 Å². The maximum Gasteiger partial charge on any atom is 0.322 e. The summed E-state index contributed by atoms with van der Waals surface area (Å²) >= 11 is 1.46. The molecule has 0 spiro atoms. The number of thiophene rings is 1. The summed E-state index contributed by atoms with van der Waals surface area (Å²) in [5, 5.41) is 21.8. The largest absolute Gasteiger partial charge is 0.480 e. The maximum absolute atomic E-state index is 12.6. The molecule has 4 heterocycles. The van der Waals surface area contributed by atoms with Crippen molar-refractivity contribution in [3.63, 3.8) is 0 Å². The van der Waals surface area contributed by atoms with Crippen LogP contribution in [0.2, 0.25) is 0 Å². The number of nitrogens with zero attached hydrogens (tertiary/aromatic N) is 5. The minimum Gasteiger partial charge on any atom is -0.480 e. The Balaban J connectivity index is 1.49.